The fraction of sp³-hybridized carbons (Fsp3) is 0.188. The average molecular weight is 500 g/mol. The number of carboxylic acid groups (broad SMARTS) is 1. The van der Waals surface area contributed by atoms with E-state index in [1.54, 1.807) is 11.6 Å². The van der Waals surface area contributed by atoms with Crippen molar-refractivity contribution in [3.05, 3.63) is 39.9 Å². The van der Waals surface area contributed by atoms with Gasteiger partial charge in [0.1, 0.15) is 22.0 Å². The molecule has 0 atom stereocenters. The number of aromatic carboxylic acids is 1. The highest BCUT2D eigenvalue weighted by molar-refractivity contribution is 9.10. The highest BCUT2D eigenvalue weighted by Gasteiger charge is 2.33. The summed E-state index contributed by atoms with van der Waals surface area (Å²) in [7, 11) is -4.64. The number of aromatic hydroxyl groups is 2. The third kappa shape index (κ3) is 5.23. The number of hydrogen-bond acceptors (Lipinski definition) is 6. The summed E-state index contributed by atoms with van der Waals surface area (Å²) in [5.41, 5.74) is -1.66. The Hall–Kier alpha value is -2.67. The van der Waals surface area contributed by atoms with Crippen molar-refractivity contribution in [2.75, 3.05) is 4.72 Å². The number of hydrogen-bond donors (Lipinski definition) is 4. The number of benzene rings is 2. The van der Waals surface area contributed by atoms with E-state index in [0.29, 0.717) is 12.1 Å². The van der Waals surface area contributed by atoms with Gasteiger partial charge in [0, 0.05) is 10.5 Å². The Morgan fingerprint density at radius 2 is 1.79 bits per heavy atom. The number of aryl methyl sites for hydroxylation is 1. The third-order valence-electron chi connectivity index (χ3n) is 3.58. The second-order valence-corrected chi connectivity index (χ2v) is 8.16. The van der Waals surface area contributed by atoms with Crippen LogP contribution in [0, 0.1) is 0 Å². The predicted molar refractivity (Wildman–Crippen MR) is 97.7 cm³/mol. The number of phenolic OH excluding ortho intramolecular Hbond substituents is 1. The van der Waals surface area contributed by atoms with Gasteiger partial charge < -0.3 is 20.1 Å². The molecular weight excluding hydrogens is 487 g/mol. The summed E-state index contributed by atoms with van der Waals surface area (Å²) in [6, 6.07) is 3.34. The van der Waals surface area contributed by atoms with Gasteiger partial charge in [-0.3, -0.25) is 4.72 Å². The van der Waals surface area contributed by atoms with Crippen LogP contribution in [0.3, 0.4) is 0 Å². The molecule has 2 aromatic carbocycles. The van der Waals surface area contributed by atoms with Crippen molar-refractivity contribution in [3.63, 3.8) is 0 Å². The van der Waals surface area contributed by atoms with Crippen LogP contribution in [-0.2, 0) is 16.4 Å². The molecule has 0 spiro atoms. The van der Waals surface area contributed by atoms with E-state index in [9.17, 15) is 36.6 Å². The first-order valence-electron chi connectivity index (χ1n) is 7.65. The SMILES string of the molecule is CCc1cc(Br)cc(S(=O)(=O)Nc2cc(OC(F)(F)F)cc(C(=O)O)c2O)c1O. The number of sulfonamides is 1. The number of carboxylic acids is 1. The molecule has 0 aliphatic heterocycles. The van der Waals surface area contributed by atoms with Crippen LogP contribution in [0.2, 0.25) is 0 Å². The van der Waals surface area contributed by atoms with Crippen LogP contribution in [-0.4, -0.2) is 36.1 Å². The number of carbonyl (C=O) groups is 1. The molecule has 0 saturated heterocycles. The minimum absolute atomic E-state index is 0.254. The standard InChI is InChI=1S/C16H13BrF3NO7S/c1-2-7-3-8(17)4-12(13(7)22)29(26,27)21-11-6-9(28-16(18,19)20)5-10(14(11)23)15(24)25/h3-6,21-23H,2H2,1H3,(H,24,25). The first-order valence-corrected chi connectivity index (χ1v) is 9.93. The lowest BCUT2D eigenvalue weighted by atomic mass is 10.1. The van der Waals surface area contributed by atoms with E-state index in [4.69, 9.17) is 5.11 Å². The summed E-state index contributed by atoms with van der Waals surface area (Å²) in [6.07, 6.45) is -4.93. The van der Waals surface area contributed by atoms with E-state index in [0.717, 1.165) is 6.07 Å². The maximum atomic E-state index is 12.7. The van der Waals surface area contributed by atoms with E-state index in [-0.39, 0.29) is 16.5 Å². The molecule has 0 radical (unpaired) electrons. The van der Waals surface area contributed by atoms with Gasteiger partial charge in [-0.1, -0.05) is 22.9 Å². The largest absolute Gasteiger partial charge is 0.573 e. The highest BCUT2D eigenvalue weighted by atomic mass is 79.9. The average Bonchev–Trinajstić information content (AvgIpc) is 2.57. The monoisotopic (exact) mass is 499 g/mol. The van der Waals surface area contributed by atoms with Gasteiger partial charge in [-0.15, -0.1) is 13.2 Å². The number of ether oxygens (including phenoxy) is 1. The summed E-state index contributed by atoms with van der Waals surface area (Å²) in [5.74, 6) is -4.64. The van der Waals surface area contributed by atoms with Crippen LogP contribution < -0.4 is 9.46 Å². The van der Waals surface area contributed by atoms with Crippen molar-refractivity contribution in [3.8, 4) is 17.2 Å². The summed E-state index contributed by atoms with van der Waals surface area (Å²) < 4.78 is 68.4. The molecular formula is C16H13BrF3NO7S. The van der Waals surface area contributed by atoms with E-state index in [2.05, 4.69) is 20.7 Å². The van der Waals surface area contributed by atoms with E-state index in [1.165, 1.54) is 6.07 Å². The minimum atomic E-state index is -5.19. The number of rotatable bonds is 6. The maximum Gasteiger partial charge on any atom is 0.573 e. The lowest BCUT2D eigenvalue weighted by Crippen LogP contribution is -2.18. The topological polar surface area (TPSA) is 133 Å². The number of alkyl halides is 3. The van der Waals surface area contributed by atoms with Gasteiger partial charge in [-0.25, -0.2) is 13.2 Å². The Morgan fingerprint density at radius 3 is 2.31 bits per heavy atom. The van der Waals surface area contributed by atoms with Crippen LogP contribution in [0.15, 0.2) is 33.6 Å². The quantitative estimate of drug-likeness (QED) is 0.444. The number of halogens is 4. The van der Waals surface area contributed by atoms with Crippen LogP contribution in [0.1, 0.15) is 22.8 Å². The minimum Gasteiger partial charge on any atom is -0.506 e. The third-order valence-corrected chi connectivity index (χ3v) is 5.42. The summed E-state index contributed by atoms with van der Waals surface area (Å²) in [6.45, 7) is 1.65. The molecule has 8 nitrogen and oxygen atoms in total. The summed E-state index contributed by atoms with van der Waals surface area (Å²) in [4.78, 5) is 10.6. The molecule has 4 N–H and O–H groups in total. The molecule has 13 heteroatoms. The van der Waals surface area contributed by atoms with Crippen molar-refractivity contribution in [1.29, 1.82) is 0 Å². The van der Waals surface area contributed by atoms with E-state index in [1.807, 2.05) is 0 Å². The molecule has 0 bridgehead atoms. The Morgan fingerprint density at radius 1 is 1.17 bits per heavy atom. The van der Waals surface area contributed by atoms with Crippen LogP contribution in [0.25, 0.3) is 0 Å². The molecule has 0 aliphatic rings. The molecule has 2 aromatic rings. The number of nitrogens with one attached hydrogen (secondary N) is 1. The van der Waals surface area contributed by atoms with E-state index >= 15 is 0 Å². The Balaban J connectivity index is 2.61. The van der Waals surface area contributed by atoms with Gasteiger partial charge >= 0.3 is 12.3 Å². The molecule has 0 fully saturated rings. The first kappa shape index (κ1) is 22.6. The molecule has 0 saturated carbocycles. The Bertz CT molecular complexity index is 1070. The lowest BCUT2D eigenvalue weighted by molar-refractivity contribution is -0.274. The molecule has 0 aromatic heterocycles. The van der Waals surface area contributed by atoms with Crippen molar-refractivity contribution in [1.82, 2.24) is 0 Å². The first-order chi connectivity index (χ1) is 13.2. The predicted octanol–water partition coefficient (Wildman–Crippen LogP) is 3.82. The molecule has 0 aliphatic carbocycles. The highest BCUT2D eigenvalue weighted by Crippen LogP contribution is 2.38. The molecule has 0 amide bonds. The molecule has 29 heavy (non-hydrogen) atoms. The van der Waals surface area contributed by atoms with Crippen LogP contribution in [0.4, 0.5) is 18.9 Å². The zero-order valence-electron chi connectivity index (χ0n) is 14.4. The second-order valence-electron chi connectivity index (χ2n) is 5.59. The smallest absolute Gasteiger partial charge is 0.506 e. The molecule has 0 heterocycles. The van der Waals surface area contributed by atoms with Gasteiger partial charge in [-0.05, 0) is 30.2 Å². The van der Waals surface area contributed by atoms with Gasteiger partial charge in [0.15, 0.2) is 5.75 Å². The fourth-order valence-corrected chi connectivity index (χ4v) is 4.22. The second kappa shape index (κ2) is 7.99. The van der Waals surface area contributed by atoms with Gasteiger partial charge in [0.25, 0.3) is 10.0 Å². The normalized spacial score (nSPS) is 11.9. The zero-order valence-corrected chi connectivity index (χ0v) is 16.8. The van der Waals surface area contributed by atoms with Crippen molar-refractivity contribution in [2.24, 2.45) is 0 Å². The lowest BCUT2D eigenvalue weighted by Gasteiger charge is -2.16. The molecule has 2 rings (SSSR count). The van der Waals surface area contributed by atoms with Crippen molar-refractivity contribution >= 4 is 37.6 Å². The van der Waals surface area contributed by atoms with Crippen LogP contribution in [0.5, 0.6) is 17.2 Å². The zero-order chi connectivity index (χ0) is 22.1. The number of anilines is 1. The molecule has 0 unspecified atom stereocenters. The maximum absolute atomic E-state index is 12.7. The fourth-order valence-electron chi connectivity index (χ4n) is 2.34. The van der Waals surface area contributed by atoms with Gasteiger partial charge in [0.2, 0.25) is 0 Å². The summed E-state index contributed by atoms with van der Waals surface area (Å²) >= 11 is 3.08. The van der Waals surface area contributed by atoms with E-state index < -0.39 is 55.7 Å². The molecule has 158 valence electrons. The summed E-state index contributed by atoms with van der Waals surface area (Å²) in [5, 5.41) is 29.2. The Kier molecular flexibility index (Phi) is 6.23. The van der Waals surface area contributed by atoms with Crippen molar-refractivity contribution in [2.45, 2.75) is 24.6 Å². The van der Waals surface area contributed by atoms with Crippen LogP contribution >= 0.6 is 15.9 Å². The van der Waals surface area contributed by atoms with Gasteiger partial charge in [0.05, 0.1) is 5.69 Å². The Labute approximate surface area is 170 Å². The van der Waals surface area contributed by atoms with Crippen molar-refractivity contribution < 1.29 is 46.4 Å². The van der Waals surface area contributed by atoms with Gasteiger partial charge in [-0.2, -0.15) is 0 Å². The number of phenols is 2.